The molecule has 1 fully saturated rings. The minimum absolute atomic E-state index is 0.683. The predicted molar refractivity (Wildman–Crippen MR) is 71.7 cm³/mol. The van der Waals surface area contributed by atoms with Crippen LogP contribution in [0.3, 0.4) is 0 Å². The lowest BCUT2D eigenvalue weighted by molar-refractivity contribution is 0.845. The molecule has 0 unspecified atom stereocenters. The fraction of sp³-hybridized carbons (Fsp3) is 0.692. The molecule has 2 rings (SSSR count). The molecule has 1 aromatic heterocycles. The normalized spacial score (nSPS) is 14.8. The third-order valence-electron chi connectivity index (χ3n) is 3.26. The highest BCUT2D eigenvalue weighted by Gasteiger charge is 2.28. The van der Waals surface area contributed by atoms with Gasteiger partial charge in [-0.1, -0.05) is 6.92 Å². The van der Waals surface area contributed by atoms with Gasteiger partial charge in [-0.25, -0.2) is 9.97 Å². The van der Waals surface area contributed by atoms with Crippen molar-refractivity contribution in [1.29, 1.82) is 0 Å². The summed E-state index contributed by atoms with van der Waals surface area (Å²) in [5.74, 6) is 3.01. The van der Waals surface area contributed by atoms with Crippen molar-refractivity contribution < 1.29 is 0 Å². The molecule has 0 amide bonds. The second-order valence-corrected chi connectivity index (χ2v) is 4.66. The molecule has 1 N–H and O–H groups in total. The molecule has 1 aliphatic carbocycles. The topological polar surface area (TPSA) is 41.1 Å². The monoisotopic (exact) mass is 234 g/mol. The zero-order valence-electron chi connectivity index (χ0n) is 11.2. The Morgan fingerprint density at radius 3 is 2.53 bits per heavy atom. The van der Waals surface area contributed by atoms with Gasteiger partial charge in [0.2, 0.25) is 0 Å². The third-order valence-corrected chi connectivity index (χ3v) is 3.26. The number of aryl methyl sites for hydroxylation is 1. The van der Waals surface area contributed by atoms with E-state index in [0.717, 1.165) is 30.4 Å². The summed E-state index contributed by atoms with van der Waals surface area (Å²) >= 11 is 0. The quantitative estimate of drug-likeness (QED) is 0.849. The van der Waals surface area contributed by atoms with E-state index in [4.69, 9.17) is 0 Å². The lowest BCUT2D eigenvalue weighted by atomic mass is 10.2. The Bertz CT molecular complexity index is 399. The van der Waals surface area contributed by atoms with Gasteiger partial charge in [-0.15, -0.1) is 0 Å². The van der Waals surface area contributed by atoms with Gasteiger partial charge in [-0.3, -0.25) is 0 Å². The van der Waals surface area contributed by atoms with E-state index in [0.29, 0.717) is 6.04 Å². The minimum Gasteiger partial charge on any atom is -0.370 e. The van der Waals surface area contributed by atoms with Crippen LogP contribution in [0, 0.1) is 6.92 Å². The van der Waals surface area contributed by atoms with Crippen molar-refractivity contribution in [3.63, 3.8) is 0 Å². The molecular weight excluding hydrogens is 212 g/mol. The van der Waals surface area contributed by atoms with Crippen LogP contribution in [0.15, 0.2) is 0 Å². The van der Waals surface area contributed by atoms with Gasteiger partial charge in [0.1, 0.15) is 17.5 Å². The van der Waals surface area contributed by atoms with E-state index in [1.807, 2.05) is 0 Å². The molecule has 0 aromatic carbocycles. The molecule has 4 heteroatoms. The minimum atomic E-state index is 0.683. The third kappa shape index (κ3) is 2.51. The highest BCUT2D eigenvalue weighted by Crippen LogP contribution is 2.32. The number of hydrogen-bond donors (Lipinski definition) is 1. The Morgan fingerprint density at radius 1 is 1.29 bits per heavy atom. The van der Waals surface area contributed by atoms with Gasteiger partial charge < -0.3 is 10.2 Å². The SMILES string of the molecule is CCNc1nc(CC)nc(N(C)C2CC2)c1C. The number of anilines is 2. The van der Waals surface area contributed by atoms with Gasteiger partial charge >= 0.3 is 0 Å². The summed E-state index contributed by atoms with van der Waals surface area (Å²) in [4.78, 5) is 11.5. The van der Waals surface area contributed by atoms with E-state index in [1.165, 1.54) is 18.4 Å². The average molecular weight is 234 g/mol. The van der Waals surface area contributed by atoms with Gasteiger partial charge in [0.05, 0.1) is 0 Å². The smallest absolute Gasteiger partial charge is 0.137 e. The number of rotatable bonds is 5. The van der Waals surface area contributed by atoms with E-state index in [9.17, 15) is 0 Å². The molecule has 17 heavy (non-hydrogen) atoms. The summed E-state index contributed by atoms with van der Waals surface area (Å²) in [6, 6.07) is 0.683. The first-order valence-corrected chi connectivity index (χ1v) is 6.51. The Labute approximate surface area is 103 Å². The molecule has 0 saturated heterocycles. The summed E-state index contributed by atoms with van der Waals surface area (Å²) < 4.78 is 0. The van der Waals surface area contributed by atoms with Crippen LogP contribution in [0.5, 0.6) is 0 Å². The molecule has 94 valence electrons. The van der Waals surface area contributed by atoms with Crippen molar-refractivity contribution >= 4 is 11.6 Å². The van der Waals surface area contributed by atoms with Crippen LogP contribution in [0.4, 0.5) is 11.6 Å². The van der Waals surface area contributed by atoms with Crippen LogP contribution in [0.2, 0.25) is 0 Å². The van der Waals surface area contributed by atoms with Crippen LogP contribution in [-0.2, 0) is 6.42 Å². The first-order valence-electron chi connectivity index (χ1n) is 6.51. The Balaban J connectivity index is 2.37. The summed E-state index contributed by atoms with van der Waals surface area (Å²) in [6.07, 6.45) is 3.46. The summed E-state index contributed by atoms with van der Waals surface area (Å²) in [6.45, 7) is 7.19. The molecule has 0 radical (unpaired) electrons. The molecule has 0 aliphatic heterocycles. The van der Waals surface area contributed by atoms with Crippen molar-refractivity contribution in [3.8, 4) is 0 Å². The molecule has 1 saturated carbocycles. The largest absolute Gasteiger partial charge is 0.370 e. The van der Waals surface area contributed by atoms with Crippen LogP contribution < -0.4 is 10.2 Å². The summed E-state index contributed by atoms with van der Waals surface area (Å²) in [5, 5.41) is 3.33. The Morgan fingerprint density at radius 2 is 2.00 bits per heavy atom. The van der Waals surface area contributed by atoms with Crippen molar-refractivity contribution in [1.82, 2.24) is 9.97 Å². The summed E-state index contributed by atoms with van der Waals surface area (Å²) in [5.41, 5.74) is 1.17. The molecule has 1 heterocycles. The van der Waals surface area contributed by atoms with Gasteiger partial charge in [-0.2, -0.15) is 0 Å². The molecule has 1 aliphatic rings. The molecule has 0 atom stereocenters. The first kappa shape index (κ1) is 12.1. The van der Waals surface area contributed by atoms with Crippen molar-refractivity contribution in [3.05, 3.63) is 11.4 Å². The highest BCUT2D eigenvalue weighted by molar-refractivity contribution is 5.59. The molecule has 0 bridgehead atoms. The fourth-order valence-corrected chi connectivity index (χ4v) is 2.03. The second-order valence-electron chi connectivity index (χ2n) is 4.66. The number of nitrogens with zero attached hydrogens (tertiary/aromatic N) is 3. The maximum absolute atomic E-state index is 4.67. The van der Waals surface area contributed by atoms with E-state index in [-0.39, 0.29) is 0 Å². The highest BCUT2D eigenvalue weighted by atomic mass is 15.2. The molecule has 0 spiro atoms. The van der Waals surface area contributed by atoms with Crippen LogP contribution in [0.1, 0.15) is 38.1 Å². The number of hydrogen-bond acceptors (Lipinski definition) is 4. The second kappa shape index (κ2) is 4.90. The average Bonchev–Trinajstić information content (AvgIpc) is 3.15. The zero-order valence-corrected chi connectivity index (χ0v) is 11.2. The number of aromatic nitrogens is 2. The van der Waals surface area contributed by atoms with Crippen LogP contribution in [-0.4, -0.2) is 29.6 Å². The van der Waals surface area contributed by atoms with Gasteiger partial charge in [0.25, 0.3) is 0 Å². The van der Waals surface area contributed by atoms with Gasteiger partial charge in [0.15, 0.2) is 0 Å². The lowest BCUT2D eigenvalue weighted by Crippen LogP contribution is -2.23. The molecule has 4 nitrogen and oxygen atoms in total. The molecular formula is C13H22N4. The van der Waals surface area contributed by atoms with Gasteiger partial charge in [-0.05, 0) is 26.7 Å². The van der Waals surface area contributed by atoms with E-state index in [2.05, 4.69) is 48.0 Å². The van der Waals surface area contributed by atoms with Gasteiger partial charge in [0, 0.05) is 31.6 Å². The Kier molecular flexibility index (Phi) is 3.50. The fourth-order valence-electron chi connectivity index (χ4n) is 2.03. The van der Waals surface area contributed by atoms with E-state index >= 15 is 0 Å². The standard InChI is InChI=1S/C13H22N4/c1-5-11-15-12(14-6-2)9(3)13(16-11)17(4)10-7-8-10/h10H,5-8H2,1-4H3,(H,14,15,16). The first-order chi connectivity index (χ1) is 8.17. The number of nitrogens with one attached hydrogen (secondary N) is 1. The van der Waals surface area contributed by atoms with Crippen LogP contribution >= 0.6 is 0 Å². The molecule has 1 aromatic rings. The maximum Gasteiger partial charge on any atom is 0.137 e. The Hall–Kier alpha value is -1.32. The summed E-state index contributed by atoms with van der Waals surface area (Å²) in [7, 11) is 2.14. The van der Waals surface area contributed by atoms with E-state index < -0.39 is 0 Å². The predicted octanol–water partition coefficient (Wildman–Crippen LogP) is 2.38. The van der Waals surface area contributed by atoms with E-state index in [1.54, 1.807) is 0 Å². The van der Waals surface area contributed by atoms with Crippen LogP contribution in [0.25, 0.3) is 0 Å². The lowest BCUT2D eigenvalue weighted by Gasteiger charge is -2.22. The maximum atomic E-state index is 4.67. The van der Waals surface area contributed by atoms with Crippen molar-refractivity contribution in [2.45, 2.75) is 46.1 Å². The zero-order chi connectivity index (χ0) is 12.4. The van der Waals surface area contributed by atoms with Crippen molar-refractivity contribution in [2.24, 2.45) is 0 Å². The van der Waals surface area contributed by atoms with Crippen molar-refractivity contribution in [2.75, 3.05) is 23.8 Å².